The summed E-state index contributed by atoms with van der Waals surface area (Å²) in [6.45, 7) is 2.63. The van der Waals surface area contributed by atoms with Crippen molar-refractivity contribution in [2.75, 3.05) is 26.1 Å². The van der Waals surface area contributed by atoms with Gasteiger partial charge in [0, 0.05) is 19.8 Å². The second kappa shape index (κ2) is 8.08. The van der Waals surface area contributed by atoms with E-state index in [4.69, 9.17) is 9.47 Å². The van der Waals surface area contributed by atoms with Crippen LogP contribution in [0.2, 0.25) is 0 Å². The van der Waals surface area contributed by atoms with Crippen LogP contribution in [0.4, 0.5) is 4.39 Å². The van der Waals surface area contributed by atoms with Gasteiger partial charge in [-0.15, -0.1) is 0 Å². The molecule has 1 aromatic carbocycles. The number of hydrogen-bond acceptors (Lipinski definition) is 4. The average molecular weight is 345 g/mol. The van der Waals surface area contributed by atoms with Gasteiger partial charge in [-0.2, -0.15) is 0 Å². The highest BCUT2D eigenvalue weighted by Gasteiger charge is 2.23. The Morgan fingerprint density at radius 1 is 1.39 bits per heavy atom. The topological polar surface area (TPSA) is 64.6 Å². The molecule has 0 radical (unpaired) electrons. The van der Waals surface area contributed by atoms with Crippen molar-refractivity contribution in [1.29, 1.82) is 0 Å². The SMILES string of the molecule is COCCCS(=O)(=O)N[C@H](C)c1ccc(F)c(OCC2CC2)c1. The molecule has 0 spiro atoms. The molecule has 1 aliphatic rings. The number of sulfonamides is 1. The molecule has 7 heteroatoms. The molecule has 1 fully saturated rings. The van der Waals surface area contributed by atoms with E-state index in [2.05, 4.69) is 4.72 Å². The lowest BCUT2D eigenvalue weighted by Gasteiger charge is -2.16. The first-order valence-corrected chi connectivity index (χ1v) is 9.47. The van der Waals surface area contributed by atoms with Crippen LogP contribution >= 0.6 is 0 Å². The van der Waals surface area contributed by atoms with E-state index in [-0.39, 0.29) is 11.5 Å². The maximum absolute atomic E-state index is 13.8. The minimum atomic E-state index is -3.40. The molecule has 0 amide bonds. The van der Waals surface area contributed by atoms with Crippen molar-refractivity contribution in [2.24, 2.45) is 5.92 Å². The highest BCUT2D eigenvalue weighted by Crippen LogP contribution is 2.31. The number of ether oxygens (including phenoxy) is 2. The number of nitrogens with one attached hydrogen (secondary N) is 1. The lowest BCUT2D eigenvalue weighted by molar-refractivity contribution is 0.199. The predicted molar refractivity (Wildman–Crippen MR) is 86.4 cm³/mol. The zero-order valence-electron chi connectivity index (χ0n) is 13.5. The van der Waals surface area contributed by atoms with Gasteiger partial charge < -0.3 is 9.47 Å². The highest BCUT2D eigenvalue weighted by molar-refractivity contribution is 7.89. The molecule has 23 heavy (non-hydrogen) atoms. The molecule has 1 atom stereocenters. The van der Waals surface area contributed by atoms with E-state index in [0.29, 0.717) is 31.1 Å². The molecule has 2 rings (SSSR count). The summed E-state index contributed by atoms with van der Waals surface area (Å²) >= 11 is 0. The Morgan fingerprint density at radius 2 is 2.13 bits per heavy atom. The molecule has 1 saturated carbocycles. The lowest BCUT2D eigenvalue weighted by Crippen LogP contribution is -2.29. The van der Waals surface area contributed by atoms with E-state index >= 15 is 0 Å². The Balaban J connectivity index is 1.97. The molecule has 1 N–H and O–H groups in total. The second-order valence-corrected chi connectivity index (χ2v) is 7.82. The first-order valence-electron chi connectivity index (χ1n) is 7.82. The largest absolute Gasteiger partial charge is 0.490 e. The zero-order chi connectivity index (χ0) is 16.9. The standard InChI is InChI=1S/C16H24FNO4S/c1-12(18-23(19,20)9-3-8-21-2)14-6-7-15(17)16(10-14)22-11-13-4-5-13/h6-7,10,12-13,18H,3-5,8-9,11H2,1-2H3/t12-/m1/s1. The number of hydrogen-bond donors (Lipinski definition) is 1. The molecule has 5 nitrogen and oxygen atoms in total. The van der Waals surface area contributed by atoms with E-state index in [9.17, 15) is 12.8 Å². The first-order chi connectivity index (χ1) is 10.9. The van der Waals surface area contributed by atoms with Crippen LogP contribution in [0.3, 0.4) is 0 Å². The van der Waals surface area contributed by atoms with Crippen LogP contribution < -0.4 is 9.46 Å². The van der Waals surface area contributed by atoms with Crippen molar-refractivity contribution in [3.8, 4) is 5.75 Å². The van der Waals surface area contributed by atoms with Gasteiger partial charge in [0.15, 0.2) is 11.6 Å². The summed E-state index contributed by atoms with van der Waals surface area (Å²) in [6.07, 6.45) is 2.68. The molecular formula is C16H24FNO4S. The Labute approximate surface area is 137 Å². The fourth-order valence-corrected chi connectivity index (χ4v) is 3.47. The van der Waals surface area contributed by atoms with E-state index in [1.165, 1.54) is 13.2 Å². The Morgan fingerprint density at radius 3 is 2.78 bits per heavy atom. The Bertz CT molecular complexity index is 617. The van der Waals surface area contributed by atoms with Gasteiger partial charge in [0.25, 0.3) is 0 Å². The summed E-state index contributed by atoms with van der Waals surface area (Å²) in [5, 5.41) is 0. The van der Waals surface area contributed by atoms with Crippen molar-refractivity contribution < 1.29 is 22.3 Å². The first kappa shape index (κ1) is 18.2. The maximum atomic E-state index is 13.8. The molecule has 0 heterocycles. The molecule has 0 aliphatic heterocycles. The van der Waals surface area contributed by atoms with Crippen molar-refractivity contribution >= 4 is 10.0 Å². The normalized spacial score (nSPS) is 16.3. The molecule has 1 aromatic rings. The summed E-state index contributed by atoms with van der Waals surface area (Å²) in [5.41, 5.74) is 0.674. The van der Waals surface area contributed by atoms with Crippen LogP contribution in [0.5, 0.6) is 5.75 Å². The fraction of sp³-hybridized carbons (Fsp3) is 0.625. The second-order valence-electron chi connectivity index (χ2n) is 5.95. The van der Waals surface area contributed by atoms with Gasteiger partial charge in [0.2, 0.25) is 10.0 Å². The predicted octanol–water partition coefficient (Wildman–Crippen LogP) is 2.63. The minimum Gasteiger partial charge on any atom is -0.490 e. The summed E-state index contributed by atoms with van der Waals surface area (Å²) in [6, 6.07) is 4.00. The highest BCUT2D eigenvalue weighted by atomic mass is 32.2. The van der Waals surface area contributed by atoms with Gasteiger partial charge in [-0.05, 0) is 49.8 Å². The summed E-state index contributed by atoms with van der Waals surface area (Å²) in [5.74, 6) is 0.274. The number of methoxy groups -OCH3 is 1. The zero-order valence-corrected chi connectivity index (χ0v) is 14.4. The van der Waals surface area contributed by atoms with E-state index in [1.54, 1.807) is 19.1 Å². The van der Waals surface area contributed by atoms with Crippen LogP contribution in [-0.4, -0.2) is 34.5 Å². The quantitative estimate of drug-likeness (QED) is 0.662. The Kier molecular flexibility index (Phi) is 6.38. The van der Waals surface area contributed by atoms with Crippen LogP contribution in [0.25, 0.3) is 0 Å². The molecule has 130 valence electrons. The smallest absolute Gasteiger partial charge is 0.212 e. The molecule has 0 unspecified atom stereocenters. The van der Waals surface area contributed by atoms with E-state index < -0.39 is 21.9 Å². The van der Waals surface area contributed by atoms with Crippen molar-refractivity contribution in [3.63, 3.8) is 0 Å². The van der Waals surface area contributed by atoms with Crippen LogP contribution in [0.1, 0.15) is 37.8 Å². The third-order valence-electron chi connectivity index (χ3n) is 3.74. The van der Waals surface area contributed by atoms with Gasteiger partial charge in [0.05, 0.1) is 12.4 Å². The van der Waals surface area contributed by atoms with Gasteiger partial charge >= 0.3 is 0 Å². The van der Waals surface area contributed by atoms with Crippen molar-refractivity contribution in [1.82, 2.24) is 4.72 Å². The number of rotatable bonds is 10. The van der Waals surface area contributed by atoms with Gasteiger partial charge in [-0.3, -0.25) is 0 Å². The third kappa shape index (κ3) is 6.08. The molecule has 0 saturated heterocycles. The molecule has 0 bridgehead atoms. The maximum Gasteiger partial charge on any atom is 0.212 e. The molecule has 0 aromatic heterocycles. The van der Waals surface area contributed by atoms with Crippen molar-refractivity contribution in [2.45, 2.75) is 32.2 Å². The van der Waals surface area contributed by atoms with Crippen molar-refractivity contribution in [3.05, 3.63) is 29.6 Å². The van der Waals surface area contributed by atoms with E-state index in [0.717, 1.165) is 12.8 Å². The minimum absolute atomic E-state index is 0.00257. The third-order valence-corrected chi connectivity index (χ3v) is 5.28. The number of benzene rings is 1. The molecular weight excluding hydrogens is 321 g/mol. The van der Waals surface area contributed by atoms with Crippen LogP contribution in [-0.2, 0) is 14.8 Å². The Hall–Kier alpha value is -1.18. The van der Waals surface area contributed by atoms with Crippen LogP contribution in [0, 0.1) is 11.7 Å². The number of halogens is 1. The van der Waals surface area contributed by atoms with E-state index in [1.807, 2.05) is 0 Å². The summed E-state index contributed by atoms with van der Waals surface area (Å²) in [7, 11) is -1.87. The fourth-order valence-electron chi connectivity index (χ4n) is 2.18. The average Bonchev–Trinajstić information content (AvgIpc) is 3.30. The van der Waals surface area contributed by atoms with Gasteiger partial charge in [0.1, 0.15) is 0 Å². The lowest BCUT2D eigenvalue weighted by atomic mass is 10.1. The van der Waals surface area contributed by atoms with Crippen LogP contribution in [0.15, 0.2) is 18.2 Å². The van der Waals surface area contributed by atoms with Gasteiger partial charge in [-0.1, -0.05) is 6.07 Å². The monoisotopic (exact) mass is 345 g/mol. The molecule has 1 aliphatic carbocycles. The summed E-state index contributed by atoms with van der Waals surface area (Å²) in [4.78, 5) is 0. The summed E-state index contributed by atoms with van der Waals surface area (Å²) < 4.78 is 50.7. The van der Waals surface area contributed by atoms with Gasteiger partial charge in [-0.25, -0.2) is 17.5 Å².